The number of nitrogens with two attached hydrogens (primary N) is 1. The summed E-state index contributed by atoms with van der Waals surface area (Å²) in [6.45, 7) is 0.812. The first kappa shape index (κ1) is 22.5. The number of fused-ring (bicyclic) bond motifs is 1. The number of hydrogen-bond acceptors (Lipinski definition) is 6. The van der Waals surface area contributed by atoms with E-state index in [4.69, 9.17) is 5.73 Å². The number of nitro groups is 1. The predicted molar refractivity (Wildman–Crippen MR) is 124 cm³/mol. The maximum Gasteiger partial charge on any atom is 0.269 e. The van der Waals surface area contributed by atoms with Crippen molar-refractivity contribution >= 4 is 17.5 Å². The number of carbonyl (C=O) groups excluding carboxylic acids is 2. The van der Waals surface area contributed by atoms with Crippen molar-refractivity contribution in [2.45, 2.75) is 76.2 Å². The second-order valence-corrected chi connectivity index (χ2v) is 9.71. The lowest BCUT2D eigenvalue weighted by Crippen LogP contribution is -2.58. The molecule has 2 fully saturated rings. The molecule has 0 bridgehead atoms. The highest BCUT2D eigenvalue weighted by molar-refractivity contribution is 5.90. The molecule has 2 saturated carbocycles. The normalized spacial score (nSPS) is 24.4. The molecule has 0 saturated heterocycles. The van der Waals surface area contributed by atoms with Gasteiger partial charge in [-0.3, -0.25) is 19.7 Å². The Kier molecular flexibility index (Phi) is 6.07. The minimum absolute atomic E-state index is 0.000156. The van der Waals surface area contributed by atoms with Gasteiger partial charge in [-0.15, -0.1) is 0 Å². The highest BCUT2D eigenvalue weighted by Gasteiger charge is 2.43. The SMILES string of the molecule is NC1CCCCC1NC(=O)C1Cc2ncn(Cc3ccc([N+](=O)[O-])cc3)c2CN1C(=O)C1CC1. The van der Waals surface area contributed by atoms with E-state index in [0.29, 0.717) is 19.5 Å². The van der Waals surface area contributed by atoms with Gasteiger partial charge in [-0.25, -0.2) is 4.98 Å². The van der Waals surface area contributed by atoms with Crippen LogP contribution in [0.4, 0.5) is 5.69 Å². The third kappa shape index (κ3) is 4.54. The lowest BCUT2D eigenvalue weighted by Gasteiger charge is -2.37. The van der Waals surface area contributed by atoms with Crippen LogP contribution in [-0.2, 0) is 29.1 Å². The van der Waals surface area contributed by atoms with E-state index in [2.05, 4.69) is 10.3 Å². The minimum Gasteiger partial charge on any atom is -0.350 e. The maximum atomic E-state index is 13.3. The van der Waals surface area contributed by atoms with Crippen molar-refractivity contribution in [2.75, 3.05) is 0 Å². The van der Waals surface area contributed by atoms with Gasteiger partial charge in [0, 0.05) is 43.1 Å². The smallest absolute Gasteiger partial charge is 0.269 e. The van der Waals surface area contributed by atoms with E-state index in [-0.39, 0.29) is 35.5 Å². The second kappa shape index (κ2) is 9.17. The highest BCUT2D eigenvalue weighted by Crippen LogP contribution is 2.34. The first-order chi connectivity index (χ1) is 16.4. The summed E-state index contributed by atoms with van der Waals surface area (Å²) >= 11 is 0. The quantitative estimate of drug-likeness (QED) is 0.493. The van der Waals surface area contributed by atoms with Gasteiger partial charge < -0.3 is 20.5 Å². The van der Waals surface area contributed by atoms with Crippen molar-refractivity contribution in [1.29, 1.82) is 0 Å². The molecule has 3 aliphatic rings. The zero-order valence-electron chi connectivity index (χ0n) is 19.1. The highest BCUT2D eigenvalue weighted by atomic mass is 16.6. The monoisotopic (exact) mass is 466 g/mol. The number of aromatic nitrogens is 2. The first-order valence-electron chi connectivity index (χ1n) is 12.0. The summed E-state index contributed by atoms with van der Waals surface area (Å²) in [6.07, 6.45) is 7.73. The number of benzene rings is 1. The maximum absolute atomic E-state index is 13.3. The van der Waals surface area contributed by atoms with Crippen LogP contribution >= 0.6 is 0 Å². The molecule has 10 nitrogen and oxygen atoms in total. The topological polar surface area (TPSA) is 136 Å². The van der Waals surface area contributed by atoms with Gasteiger partial charge in [-0.05, 0) is 31.2 Å². The molecular weight excluding hydrogens is 436 g/mol. The minimum atomic E-state index is -0.586. The summed E-state index contributed by atoms with van der Waals surface area (Å²) in [6, 6.07) is 5.73. The molecule has 1 aromatic heterocycles. The van der Waals surface area contributed by atoms with E-state index in [1.807, 2.05) is 4.57 Å². The Hall–Kier alpha value is -3.27. The molecule has 3 atom stereocenters. The van der Waals surface area contributed by atoms with Crippen LogP contribution in [0, 0.1) is 16.0 Å². The van der Waals surface area contributed by atoms with Gasteiger partial charge in [0.15, 0.2) is 0 Å². The van der Waals surface area contributed by atoms with Crippen molar-refractivity contribution in [3.8, 4) is 0 Å². The van der Waals surface area contributed by atoms with Gasteiger partial charge in [0.05, 0.1) is 29.2 Å². The predicted octanol–water partition coefficient (Wildman–Crippen LogP) is 1.89. The molecule has 3 N–H and O–H groups in total. The van der Waals surface area contributed by atoms with Crippen LogP contribution in [0.25, 0.3) is 0 Å². The van der Waals surface area contributed by atoms with Crippen LogP contribution < -0.4 is 11.1 Å². The Bertz CT molecular complexity index is 1090. The lowest BCUT2D eigenvalue weighted by molar-refractivity contribution is -0.384. The summed E-state index contributed by atoms with van der Waals surface area (Å²) in [5.74, 6) is -0.117. The summed E-state index contributed by atoms with van der Waals surface area (Å²) in [4.78, 5) is 43.3. The van der Waals surface area contributed by atoms with Gasteiger partial charge in [0.1, 0.15) is 6.04 Å². The number of hydrogen-bond donors (Lipinski definition) is 2. The molecule has 1 aromatic carbocycles. The molecule has 1 aliphatic heterocycles. The molecule has 0 radical (unpaired) electrons. The Morgan fingerprint density at radius 3 is 2.56 bits per heavy atom. The summed E-state index contributed by atoms with van der Waals surface area (Å²) < 4.78 is 1.97. The van der Waals surface area contributed by atoms with Gasteiger partial charge >= 0.3 is 0 Å². The van der Waals surface area contributed by atoms with Crippen molar-refractivity contribution < 1.29 is 14.5 Å². The molecule has 180 valence electrons. The molecule has 3 unspecified atom stereocenters. The van der Waals surface area contributed by atoms with Crippen LogP contribution in [0.3, 0.4) is 0 Å². The van der Waals surface area contributed by atoms with E-state index in [1.54, 1.807) is 23.4 Å². The largest absolute Gasteiger partial charge is 0.350 e. The summed E-state index contributed by atoms with van der Waals surface area (Å²) in [5, 5.41) is 14.1. The third-order valence-electron chi connectivity index (χ3n) is 7.28. The summed E-state index contributed by atoms with van der Waals surface area (Å²) in [7, 11) is 0. The standard InChI is InChI=1S/C24H30N6O4/c25-18-3-1-2-4-19(18)27-23(31)21-11-20-22(13-29(21)24(32)16-7-8-16)28(14-26-20)12-15-5-9-17(10-6-15)30(33)34/h5-6,9-10,14,16,18-19,21H,1-4,7-8,11-13,25H2,(H,27,31). The Balaban J connectivity index is 1.36. The first-order valence-corrected chi connectivity index (χ1v) is 12.0. The van der Waals surface area contributed by atoms with Crippen LogP contribution in [0.15, 0.2) is 30.6 Å². The number of non-ortho nitro benzene ring substituents is 1. The van der Waals surface area contributed by atoms with Crippen LogP contribution in [0.2, 0.25) is 0 Å². The van der Waals surface area contributed by atoms with Crippen LogP contribution in [0.1, 0.15) is 55.5 Å². The lowest BCUT2D eigenvalue weighted by atomic mass is 9.90. The Morgan fingerprint density at radius 2 is 1.88 bits per heavy atom. The molecule has 2 aromatic rings. The van der Waals surface area contributed by atoms with E-state index in [9.17, 15) is 19.7 Å². The molecule has 10 heteroatoms. The van der Waals surface area contributed by atoms with Gasteiger partial charge in [-0.2, -0.15) is 0 Å². The van der Waals surface area contributed by atoms with Crippen LogP contribution in [-0.4, -0.2) is 49.3 Å². The number of rotatable bonds is 6. The van der Waals surface area contributed by atoms with Crippen molar-refractivity contribution in [1.82, 2.24) is 19.8 Å². The Morgan fingerprint density at radius 1 is 1.15 bits per heavy atom. The summed E-state index contributed by atoms with van der Waals surface area (Å²) in [5.41, 5.74) is 8.91. The number of nitrogens with one attached hydrogen (secondary N) is 1. The zero-order valence-corrected chi connectivity index (χ0v) is 19.1. The van der Waals surface area contributed by atoms with Crippen molar-refractivity contribution in [2.24, 2.45) is 11.7 Å². The average Bonchev–Trinajstić information content (AvgIpc) is 3.61. The third-order valence-corrected chi connectivity index (χ3v) is 7.28. The van der Waals surface area contributed by atoms with Crippen molar-refractivity contribution in [3.63, 3.8) is 0 Å². The molecule has 2 amide bonds. The van der Waals surface area contributed by atoms with Crippen LogP contribution in [0.5, 0.6) is 0 Å². The fraction of sp³-hybridized carbons (Fsp3) is 0.542. The van der Waals surface area contributed by atoms with Gasteiger partial charge in [0.2, 0.25) is 11.8 Å². The number of imidazole rings is 1. The fourth-order valence-electron chi connectivity index (χ4n) is 5.07. The van der Waals surface area contributed by atoms with Crippen molar-refractivity contribution in [3.05, 3.63) is 57.7 Å². The second-order valence-electron chi connectivity index (χ2n) is 9.71. The molecule has 2 heterocycles. The van der Waals surface area contributed by atoms with E-state index >= 15 is 0 Å². The van der Waals surface area contributed by atoms with E-state index in [1.165, 1.54) is 12.1 Å². The molecule has 5 rings (SSSR count). The average molecular weight is 467 g/mol. The molecule has 2 aliphatic carbocycles. The molecule has 34 heavy (non-hydrogen) atoms. The van der Waals surface area contributed by atoms with E-state index < -0.39 is 11.0 Å². The number of nitro benzene ring substituents is 1. The number of nitrogens with zero attached hydrogens (tertiary/aromatic N) is 4. The number of carbonyl (C=O) groups is 2. The van der Waals surface area contributed by atoms with E-state index in [0.717, 1.165) is 55.5 Å². The number of amides is 2. The Labute approximate surface area is 197 Å². The zero-order chi connectivity index (χ0) is 23.8. The fourth-order valence-corrected chi connectivity index (χ4v) is 5.07. The van der Waals surface area contributed by atoms with Gasteiger partial charge in [0.25, 0.3) is 5.69 Å². The molecular formula is C24H30N6O4. The molecule has 0 spiro atoms. The van der Waals surface area contributed by atoms with Gasteiger partial charge in [-0.1, -0.05) is 25.0 Å².